The summed E-state index contributed by atoms with van der Waals surface area (Å²) < 4.78 is 10.2. The van der Waals surface area contributed by atoms with Gasteiger partial charge >= 0.3 is 0 Å². The Morgan fingerprint density at radius 2 is 1.79 bits per heavy atom. The molecule has 3 heteroatoms. The van der Waals surface area contributed by atoms with Crippen LogP contribution in [-0.4, -0.2) is 39.5 Å². The summed E-state index contributed by atoms with van der Waals surface area (Å²) in [5, 5.41) is 3.43. The molecule has 0 saturated heterocycles. The molecule has 1 atom stereocenters. The van der Waals surface area contributed by atoms with E-state index in [-0.39, 0.29) is 0 Å². The van der Waals surface area contributed by atoms with Gasteiger partial charge in [-0.2, -0.15) is 0 Å². The van der Waals surface area contributed by atoms with Crippen LogP contribution in [0.5, 0.6) is 0 Å². The van der Waals surface area contributed by atoms with Crippen molar-refractivity contribution in [3.8, 4) is 0 Å². The Kier molecular flexibility index (Phi) is 7.15. The van der Waals surface area contributed by atoms with Crippen LogP contribution in [0.15, 0.2) is 0 Å². The van der Waals surface area contributed by atoms with Crippen LogP contribution in [0.4, 0.5) is 0 Å². The maximum absolute atomic E-state index is 5.35. The molecule has 14 heavy (non-hydrogen) atoms. The summed E-state index contributed by atoms with van der Waals surface area (Å²) in [5.41, 5.74) is 0.312. The molecule has 0 spiro atoms. The van der Waals surface area contributed by atoms with E-state index in [2.05, 4.69) is 33.0 Å². The summed E-state index contributed by atoms with van der Waals surface area (Å²) in [6.07, 6.45) is 0. The molecule has 0 aliphatic rings. The molecule has 0 saturated carbocycles. The summed E-state index contributed by atoms with van der Waals surface area (Å²) in [7, 11) is 1.68. The number of rotatable bonds is 7. The Bertz CT molecular complexity index is 132. The molecule has 1 unspecified atom stereocenters. The van der Waals surface area contributed by atoms with Crippen molar-refractivity contribution in [3.05, 3.63) is 0 Å². The minimum Gasteiger partial charge on any atom is -0.382 e. The van der Waals surface area contributed by atoms with Crippen molar-refractivity contribution in [1.82, 2.24) is 5.32 Å². The van der Waals surface area contributed by atoms with E-state index in [9.17, 15) is 0 Å². The van der Waals surface area contributed by atoms with Gasteiger partial charge in [0.25, 0.3) is 0 Å². The zero-order valence-electron chi connectivity index (χ0n) is 10.2. The Labute approximate surface area is 88.2 Å². The van der Waals surface area contributed by atoms with Gasteiger partial charge in [0.2, 0.25) is 0 Å². The van der Waals surface area contributed by atoms with Crippen LogP contribution in [0, 0.1) is 5.41 Å². The third kappa shape index (κ3) is 7.30. The number of nitrogens with one attached hydrogen (secondary N) is 1. The average Bonchev–Trinajstić information content (AvgIpc) is 2.09. The van der Waals surface area contributed by atoms with Crippen LogP contribution in [0.3, 0.4) is 0 Å². The second kappa shape index (κ2) is 7.21. The average molecular weight is 203 g/mol. The van der Waals surface area contributed by atoms with E-state index >= 15 is 0 Å². The van der Waals surface area contributed by atoms with Gasteiger partial charge < -0.3 is 14.8 Å². The molecule has 0 rings (SSSR count). The molecule has 0 aromatic rings. The molecule has 0 radical (unpaired) electrons. The smallest absolute Gasteiger partial charge is 0.0700 e. The highest BCUT2D eigenvalue weighted by atomic mass is 16.5. The van der Waals surface area contributed by atoms with Crippen molar-refractivity contribution in [2.24, 2.45) is 5.41 Å². The molecule has 0 amide bonds. The van der Waals surface area contributed by atoms with Gasteiger partial charge in [0.15, 0.2) is 0 Å². The van der Waals surface area contributed by atoms with Gasteiger partial charge in [-0.05, 0) is 12.3 Å². The van der Waals surface area contributed by atoms with Crippen LogP contribution in [-0.2, 0) is 9.47 Å². The molecule has 3 nitrogen and oxygen atoms in total. The van der Waals surface area contributed by atoms with Crippen molar-refractivity contribution in [1.29, 1.82) is 0 Å². The molecular weight excluding hydrogens is 178 g/mol. The van der Waals surface area contributed by atoms with Gasteiger partial charge in [0, 0.05) is 19.7 Å². The minimum atomic E-state index is 0.312. The van der Waals surface area contributed by atoms with E-state index in [4.69, 9.17) is 9.47 Å². The molecule has 0 aromatic carbocycles. The van der Waals surface area contributed by atoms with E-state index in [1.807, 2.05) is 0 Å². The molecule has 0 aliphatic heterocycles. The Morgan fingerprint density at radius 1 is 1.14 bits per heavy atom. The number of hydrogen-bond acceptors (Lipinski definition) is 3. The molecule has 0 bridgehead atoms. The molecule has 0 heterocycles. The Balaban J connectivity index is 3.28. The first-order chi connectivity index (χ1) is 6.48. The lowest BCUT2D eigenvalue weighted by atomic mass is 9.88. The summed E-state index contributed by atoms with van der Waals surface area (Å²) in [6, 6.07) is 0.508. The molecule has 1 N–H and O–H groups in total. The molecule has 86 valence electrons. The zero-order valence-corrected chi connectivity index (χ0v) is 10.2. The van der Waals surface area contributed by atoms with Gasteiger partial charge in [-0.15, -0.1) is 0 Å². The Morgan fingerprint density at radius 3 is 2.29 bits per heavy atom. The number of ether oxygens (including phenoxy) is 2. The van der Waals surface area contributed by atoms with Crippen molar-refractivity contribution < 1.29 is 9.47 Å². The van der Waals surface area contributed by atoms with Gasteiger partial charge in [0.1, 0.15) is 0 Å². The molecular formula is C11H25NO2. The van der Waals surface area contributed by atoms with Crippen LogP contribution >= 0.6 is 0 Å². The first kappa shape index (κ1) is 13.9. The van der Waals surface area contributed by atoms with E-state index < -0.39 is 0 Å². The van der Waals surface area contributed by atoms with E-state index in [0.29, 0.717) is 24.7 Å². The standard InChI is InChI=1S/C11H25NO2/c1-10(11(2,3)4)12-6-7-14-9-8-13-5/h10,12H,6-9H2,1-5H3. The van der Waals surface area contributed by atoms with Gasteiger partial charge in [-0.1, -0.05) is 20.8 Å². The van der Waals surface area contributed by atoms with Crippen LogP contribution in [0.1, 0.15) is 27.7 Å². The van der Waals surface area contributed by atoms with E-state index in [1.54, 1.807) is 7.11 Å². The summed E-state index contributed by atoms with van der Waals surface area (Å²) in [6.45, 7) is 11.9. The highest BCUT2D eigenvalue weighted by Crippen LogP contribution is 2.17. The van der Waals surface area contributed by atoms with Crippen LogP contribution < -0.4 is 5.32 Å². The van der Waals surface area contributed by atoms with Gasteiger partial charge in [-0.3, -0.25) is 0 Å². The van der Waals surface area contributed by atoms with Crippen molar-refractivity contribution in [2.45, 2.75) is 33.7 Å². The first-order valence-corrected chi connectivity index (χ1v) is 5.28. The highest BCUT2D eigenvalue weighted by Gasteiger charge is 2.18. The maximum atomic E-state index is 5.35. The summed E-state index contributed by atoms with van der Waals surface area (Å²) >= 11 is 0. The molecule has 0 aromatic heterocycles. The van der Waals surface area contributed by atoms with Crippen LogP contribution in [0.25, 0.3) is 0 Å². The van der Waals surface area contributed by atoms with Crippen molar-refractivity contribution in [2.75, 3.05) is 33.5 Å². The Hall–Kier alpha value is -0.120. The predicted octanol–water partition coefficient (Wildman–Crippen LogP) is 1.67. The zero-order chi connectivity index (χ0) is 11.0. The lowest BCUT2D eigenvalue weighted by Gasteiger charge is -2.28. The molecule has 0 aliphatic carbocycles. The maximum Gasteiger partial charge on any atom is 0.0700 e. The second-order valence-electron chi connectivity index (χ2n) is 4.65. The fraction of sp³-hybridized carbons (Fsp3) is 1.00. The summed E-state index contributed by atoms with van der Waals surface area (Å²) in [4.78, 5) is 0. The van der Waals surface area contributed by atoms with Gasteiger partial charge in [0.05, 0.1) is 19.8 Å². The molecule has 0 fully saturated rings. The number of methoxy groups -OCH3 is 1. The van der Waals surface area contributed by atoms with E-state index in [0.717, 1.165) is 13.2 Å². The third-order valence-corrected chi connectivity index (χ3v) is 2.43. The van der Waals surface area contributed by atoms with Crippen LogP contribution in [0.2, 0.25) is 0 Å². The fourth-order valence-corrected chi connectivity index (χ4v) is 0.898. The topological polar surface area (TPSA) is 30.5 Å². The quantitative estimate of drug-likeness (QED) is 0.639. The van der Waals surface area contributed by atoms with E-state index in [1.165, 1.54) is 0 Å². The first-order valence-electron chi connectivity index (χ1n) is 5.28. The fourth-order valence-electron chi connectivity index (χ4n) is 0.898. The normalized spacial score (nSPS) is 14.4. The van der Waals surface area contributed by atoms with Crippen molar-refractivity contribution in [3.63, 3.8) is 0 Å². The summed E-state index contributed by atoms with van der Waals surface area (Å²) in [5.74, 6) is 0. The second-order valence-corrected chi connectivity index (χ2v) is 4.65. The largest absolute Gasteiger partial charge is 0.382 e. The monoisotopic (exact) mass is 203 g/mol. The SMILES string of the molecule is COCCOCCNC(C)C(C)(C)C. The number of hydrogen-bond donors (Lipinski definition) is 1. The predicted molar refractivity (Wildman–Crippen MR) is 59.6 cm³/mol. The third-order valence-electron chi connectivity index (χ3n) is 2.43. The van der Waals surface area contributed by atoms with Crippen molar-refractivity contribution >= 4 is 0 Å². The minimum absolute atomic E-state index is 0.312. The highest BCUT2D eigenvalue weighted by molar-refractivity contribution is 4.75. The lowest BCUT2D eigenvalue weighted by Crippen LogP contribution is -2.39. The lowest BCUT2D eigenvalue weighted by molar-refractivity contribution is 0.0696. The van der Waals surface area contributed by atoms with Gasteiger partial charge in [-0.25, -0.2) is 0 Å².